The Morgan fingerprint density at radius 2 is 2.22 bits per heavy atom. The van der Waals surface area contributed by atoms with E-state index in [1.54, 1.807) is 32.5 Å². The number of aromatic nitrogens is 1. The van der Waals surface area contributed by atoms with Crippen LogP contribution in [0.5, 0.6) is 0 Å². The van der Waals surface area contributed by atoms with Gasteiger partial charge < -0.3 is 15.5 Å². The van der Waals surface area contributed by atoms with Gasteiger partial charge in [-0.2, -0.15) is 0 Å². The summed E-state index contributed by atoms with van der Waals surface area (Å²) in [5, 5.41) is 7.13. The van der Waals surface area contributed by atoms with Gasteiger partial charge in [-0.1, -0.05) is 0 Å². The smallest absolute Gasteiger partial charge is 0.241 e. The second kappa shape index (κ2) is 6.95. The first-order chi connectivity index (χ1) is 8.52. The zero-order valence-electron chi connectivity index (χ0n) is 11.1. The maximum absolute atomic E-state index is 11.4. The summed E-state index contributed by atoms with van der Waals surface area (Å²) in [6, 6.07) is 0. The van der Waals surface area contributed by atoms with Crippen LogP contribution in [0.4, 0.5) is 0 Å². The minimum Gasteiger partial charge on any atom is -0.351 e. The number of thiazole rings is 1. The van der Waals surface area contributed by atoms with E-state index in [4.69, 9.17) is 0 Å². The molecule has 7 heteroatoms. The number of aryl methyl sites for hydroxylation is 1. The van der Waals surface area contributed by atoms with Gasteiger partial charge in [-0.3, -0.25) is 9.79 Å². The highest BCUT2D eigenvalue weighted by molar-refractivity contribution is 7.11. The van der Waals surface area contributed by atoms with E-state index < -0.39 is 0 Å². The Bertz CT molecular complexity index is 427. The summed E-state index contributed by atoms with van der Waals surface area (Å²) in [4.78, 5) is 22.3. The second-order valence-corrected chi connectivity index (χ2v) is 5.23. The van der Waals surface area contributed by atoms with Gasteiger partial charge in [0.2, 0.25) is 5.91 Å². The lowest BCUT2D eigenvalue weighted by Gasteiger charge is -2.13. The van der Waals surface area contributed by atoms with Crippen molar-refractivity contribution in [3.63, 3.8) is 0 Å². The SMILES string of the molecule is CN=C(NCC(=O)N(C)C)NCc1cnc(C)s1. The molecule has 2 N–H and O–H groups in total. The van der Waals surface area contributed by atoms with E-state index in [0.29, 0.717) is 12.5 Å². The van der Waals surface area contributed by atoms with Gasteiger partial charge in [-0.25, -0.2) is 4.98 Å². The molecule has 1 aromatic heterocycles. The molecule has 0 atom stereocenters. The monoisotopic (exact) mass is 269 g/mol. The molecule has 1 aromatic rings. The molecule has 0 spiro atoms. The van der Waals surface area contributed by atoms with Crippen molar-refractivity contribution < 1.29 is 4.79 Å². The summed E-state index contributed by atoms with van der Waals surface area (Å²) in [6.07, 6.45) is 1.84. The predicted molar refractivity (Wildman–Crippen MR) is 73.7 cm³/mol. The summed E-state index contributed by atoms with van der Waals surface area (Å²) < 4.78 is 0. The minimum absolute atomic E-state index is 0.00610. The molecule has 1 amide bonds. The van der Waals surface area contributed by atoms with Crippen molar-refractivity contribution in [3.8, 4) is 0 Å². The van der Waals surface area contributed by atoms with E-state index in [-0.39, 0.29) is 12.5 Å². The standard InChI is InChI=1S/C11H19N5OS/c1-8-13-5-9(18-8)6-14-11(12-2)15-7-10(17)16(3)4/h5H,6-7H2,1-4H3,(H2,12,14,15). The van der Waals surface area contributed by atoms with Crippen LogP contribution in [-0.4, -0.2) is 49.4 Å². The van der Waals surface area contributed by atoms with Gasteiger partial charge in [0.25, 0.3) is 0 Å². The fourth-order valence-corrected chi connectivity index (χ4v) is 1.93. The number of carbonyl (C=O) groups is 1. The Hall–Kier alpha value is -1.63. The summed E-state index contributed by atoms with van der Waals surface area (Å²) >= 11 is 1.64. The Morgan fingerprint density at radius 3 is 2.72 bits per heavy atom. The van der Waals surface area contributed by atoms with Gasteiger partial charge in [0.05, 0.1) is 18.1 Å². The molecular formula is C11H19N5OS. The third kappa shape index (κ3) is 4.70. The van der Waals surface area contributed by atoms with Gasteiger partial charge in [-0.15, -0.1) is 11.3 Å². The van der Waals surface area contributed by atoms with Crippen LogP contribution in [0.1, 0.15) is 9.88 Å². The first-order valence-corrected chi connectivity index (χ1v) is 6.40. The lowest BCUT2D eigenvalue weighted by molar-refractivity contribution is -0.127. The van der Waals surface area contributed by atoms with Gasteiger partial charge in [0.1, 0.15) is 0 Å². The average molecular weight is 269 g/mol. The number of aliphatic imine (C=N–C) groups is 1. The molecule has 0 bridgehead atoms. The molecule has 0 aliphatic rings. The van der Waals surface area contributed by atoms with E-state index in [1.807, 2.05) is 13.1 Å². The van der Waals surface area contributed by atoms with Gasteiger partial charge in [0, 0.05) is 32.2 Å². The number of likely N-dealkylation sites (N-methyl/N-ethyl adjacent to an activating group) is 1. The fraction of sp³-hybridized carbons (Fsp3) is 0.545. The fourth-order valence-electron chi connectivity index (χ4n) is 1.20. The van der Waals surface area contributed by atoms with Crippen LogP contribution >= 0.6 is 11.3 Å². The van der Waals surface area contributed by atoms with Crippen molar-refractivity contribution in [3.05, 3.63) is 16.1 Å². The summed E-state index contributed by atoms with van der Waals surface area (Å²) in [7, 11) is 5.12. The van der Waals surface area contributed by atoms with Crippen LogP contribution in [0, 0.1) is 6.92 Å². The molecule has 0 radical (unpaired) electrons. The normalized spacial score (nSPS) is 11.2. The van der Waals surface area contributed by atoms with Crippen molar-refractivity contribution in [2.75, 3.05) is 27.7 Å². The van der Waals surface area contributed by atoms with Crippen LogP contribution in [0.3, 0.4) is 0 Å². The second-order valence-electron chi connectivity index (χ2n) is 3.91. The van der Waals surface area contributed by atoms with Crippen LogP contribution in [0.2, 0.25) is 0 Å². The van der Waals surface area contributed by atoms with Crippen molar-refractivity contribution in [1.82, 2.24) is 20.5 Å². The first kappa shape index (κ1) is 14.4. The van der Waals surface area contributed by atoms with E-state index in [1.165, 1.54) is 4.90 Å². The van der Waals surface area contributed by atoms with Crippen LogP contribution in [-0.2, 0) is 11.3 Å². The lowest BCUT2D eigenvalue weighted by atomic mass is 10.5. The maximum Gasteiger partial charge on any atom is 0.241 e. The third-order valence-corrected chi connectivity index (χ3v) is 3.14. The number of hydrogen-bond donors (Lipinski definition) is 2. The molecule has 0 fully saturated rings. The highest BCUT2D eigenvalue weighted by Gasteiger charge is 2.05. The molecule has 6 nitrogen and oxygen atoms in total. The average Bonchev–Trinajstić information content (AvgIpc) is 2.74. The van der Waals surface area contributed by atoms with Crippen molar-refractivity contribution in [1.29, 1.82) is 0 Å². The zero-order chi connectivity index (χ0) is 13.5. The van der Waals surface area contributed by atoms with E-state index in [9.17, 15) is 4.79 Å². The van der Waals surface area contributed by atoms with Gasteiger partial charge in [0.15, 0.2) is 5.96 Å². The molecule has 18 heavy (non-hydrogen) atoms. The number of guanidine groups is 1. The largest absolute Gasteiger partial charge is 0.351 e. The molecule has 0 unspecified atom stereocenters. The topological polar surface area (TPSA) is 69.6 Å². The Labute approximate surface area is 111 Å². The lowest BCUT2D eigenvalue weighted by Crippen LogP contribution is -2.42. The number of hydrogen-bond acceptors (Lipinski definition) is 4. The van der Waals surface area contributed by atoms with Crippen LogP contribution in [0.25, 0.3) is 0 Å². The molecule has 0 saturated carbocycles. The molecule has 0 aromatic carbocycles. The van der Waals surface area contributed by atoms with E-state index in [0.717, 1.165) is 9.88 Å². The van der Waals surface area contributed by atoms with Gasteiger partial charge >= 0.3 is 0 Å². The highest BCUT2D eigenvalue weighted by Crippen LogP contribution is 2.10. The van der Waals surface area contributed by atoms with E-state index in [2.05, 4.69) is 20.6 Å². The van der Waals surface area contributed by atoms with Crippen LogP contribution in [0.15, 0.2) is 11.2 Å². The predicted octanol–water partition coefficient (Wildman–Crippen LogP) is 0.205. The number of nitrogens with zero attached hydrogens (tertiary/aromatic N) is 3. The molecule has 1 rings (SSSR count). The quantitative estimate of drug-likeness (QED) is 0.605. The van der Waals surface area contributed by atoms with Crippen molar-refractivity contribution >= 4 is 23.2 Å². The Kier molecular flexibility index (Phi) is 5.57. The number of rotatable bonds is 4. The molecular weight excluding hydrogens is 250 g/mol. The van der Waals surface area contributed by atoms with Crippen molar-refractivity contribution in [2.45, 2.75) is 13.5 Å². The van der Waals surface area contributed by atoms with Gasteiger partial charge in [-0.05, 0) is 6.92 Å². The summed E-state index contributed by atoms with van der Waals surface area (Å²) in [5.41, 5.74) is 0. The van der Waals surface area contributed by atoms with Crippen LogP contribution < -0.4 is 10.6 Å². The van der Waals surface area contributed by atoms with Crippen molar-refractivity contribution in [2.24, 2.45) is 4.99 Å². The summed E-state index contributed by atoms with van der Waals surface area (Å²) in [6.45, 7) is 2.85. The number of amides is 1. The maximum atomic E-state index is 11.4. The molecule has 0 saturated heterocycles. The third-order valence-electron chi connectivity index (χ3n) is 2.23. The number of nitrogens with one attached hydrogen (secondary N) is 2. The molecule has 100 valence electrons. The Morgan fingerprint density at radius 1 is 1.50 bits per heavy atom. The summed E-state index contributed by atoms with van der Waals surface area (Å²) in [5.74, 6) is 0.614. The zero-order valence-corrected chi connectivity index (χ0v) is 12.0. The molecule has 0 aliphatic carbocycles. The van der Waals surface area contributed by atoms with E-state index >= 15 is 0 Å². The first-order valence-electron chi connectivity index (χ1n) is 5.59. The number of carbonyl (C=O) groups excluding carboxylic acids is 1. The minimum atomic E-state index is 0.00610. The molecule has 1 heterocycles. The Balaban J connectivity index is 2.37. The highest BCUT2D eigenvalue weighted by atomic mass is 32.1. The molecule has 0 aliphatic heterocycles.